The highest BCUT2D eigenvalue weighted by Crippen LogP contribution is 2.17. The smallest absolute Gasteiger partial charge is 0.0367 e. The lowest BCUT2D eigenvalue weighted by Gasteiger charge is -2.36. The number of unbranched alkanes of at least 4 members (excludes halogenated alkanes) is 1. The van der Waals surface area contributed by atoms with E-state index in [1.807, 2.05) is 0 Å². The van der Waals surface area contributed by atoms with Gasteiger partial charge in [0.25, 0.3) is 0 Å². The second-order valence-corrected chi connectivity index (χ2v) is 5.05. The summed E-state index contributed by atoms with van der Waals surface area (Å²) in [7, 11) is 0. The fourth-order valence-electron chi connectivity index (χ4n) is 2.45. The second kappa shape index (κ2) is 6.76. The Kier molecular flexibility index (Phi) is 5.02. The van der Waals surface area contributed by atoms with Crippen LogP contribution in [0, 0.1) is 0 Å². The summed E-state index contributed by atoms with van der Waals surface area (Å²) in [5, 5.41) is 0. The Morgan fingerprint density at radius 1 is 1.06 bits per heavy atom. The number of nitrogens with two attached hydrogens (primary N) is 1. The number of benzene rings is 1. The van der Waals surface area contributed by atoms with Crippen molar-refractivity contribution < 1.29 is 0 Å². The van der Waals surface area contributed by atoms with E-state index in [2.05, 4.69) is 41.0 Å². The summed E-state index contributed by atoms with van der Waals surface area (Å²) in [4.78, 5) is 5.05. The third kappa shape index (κ3) is 3.47. The molecular formula is C15H25N3. The number of rotatable bonds is 5. The number of anilines is 1. The number of nitrogens with zero attached hydrogens (tertiary/aromatic N) is 2. The first-order valence-corrected chi connectivity index (χ1v) is 7.10. The van der Waals surface area contributed by atoms with Crippen molar-refractivity contribution in [3.8, 4) is 0 Å². The summed E-state index contributed by atoms with van der Waals surface area (Å²) in [6, 6.07) is 8.67. The summed E-state index contributed by atoms with van der Waals surface area (Å²) in [6.45, 7) is 8.82. The maximum Gasteiger partial charge on any atom is 0.0367 e. The minimum Gasteiger partial charge on any atom is -0.369 e. The zero-order valence-electron chi connectivity index (χ0n) is 11.4. The predicted octanol–water partition coefficient (Wildman–Crippen LogP) is 2.07. The molecule has 3 nitrogen and oxygen atoms in total. The van der Waals surface area contributed by atoms with Crippen LogP contribution >= 0.6 is 0 Å². The van der Waals surface area contributed by atoms with Crippen molar-refractivity contribution in [3.63, 3.8) is 0 Å². The first-order chi connectivity index (χ1) is 8.83. The largest absolute Gasteiger partial charge is 0.369 e. The summed E-state index contributed by atoms with van der Waals surface area (Å²) >= 11 is 0. The van der Waals surface area contributed by atoms with E-state index in [-0.39, 0.29) is 0 Å². The summed E-state index contributed by atoms with van der Waals surface area (Å²) in [5.41, 5.74) is 8.17. The molecule has 1 heterocycles. The monoisotopic (exact) mass is 247 g/mol. The van der Waals surface area contributed by atoms with Gasteiger partial charge in [0.1, 0.15) is 0 Å². The molecule has 0 spiro atoms. The molecular weight excluding hydrogens is 222 g/mol. The van der Waals surface area contributed by atoms with Crippen LogP contribution in [0.25, 0.3) is 0 Å². The van der Waals surface area contributed by atoms with Gasteiger partial charge in [-0.15, -0.1) is 0 Å². The lowest BCUT2D eigenvalue weighted by Crippen LogP contribution is -2.46. The van der Waals surface area contributed by atoms with Gasteiger partial charge < -0.3 is 10.6 Å². The highest BCUT2D eigenvalue weighted by molar-refractivity contribution is 5.48. The van der Waals surface area contributed by atoms with Crippen molar-refractivity contribution in [2.45, 2.75) is 26.3 Å². The van der Waals surface area contributed by atoms with E-state index in [9.17, 15) is 0 Å². The lowest BCUT2D eigenvalue weighted by atomic mass is 10.2. The van der Waals surface area contributed by atoms with Crippen LogP contribution < -0.4 is 10.6 Å². The zero-order valence-corrected chi connectivity index (χ0v) is 11.4. The van der Waals surface area contributed by atoms with Gasteiger partial charge in [0.2, 0.25) is 0 Å². The van der Waals surface area contributed by atoms with Gasteiger partial charge in [-0.2, -0.15) is 0 Å². The quantitative estimate of drug-likeness (QED) is 0.864. The van der Waals surface area contributed by atoms with Gasteiger partial charge in [-0.25, -0.2) is 0 Å². The first-order valence-electron chi connectivity index (χ1n) is 7.10. The van der Waals surface area contributed by atoms with Gasteiger partial charge in [0, 0.05) is 38.4 Å². The highest BCUT2D eigenvalue weighted by Gasteiger charge is 2.16. The van der Waals surface area contributed by atoms with Crippen LogP contribution in [0.15, 0.2) is 24.3 Å². The van der Waals surface area contributed by atoms with Crippen molar-refractivity contribution >= 4 is 5.69 Å². The van der Waals surface area contributed by atoms with E-state index in [0.717, 1.165) is 13.1 Å². The fourth-order valence-corrected chi connectivity index (χ4v) is 2.45. The van der Waals surface area contributed by atoms with Crippen LogP contribution in [0.4, 0.5) is 5.69 Å². The molecule has 1 aliphatic heterocycles. The third-order valence-corrected chi connectivity index (χ3v) is 3.74. The van der Waals surface area contributed by atoms with Gasteiger partial charge in [0.05, 0.1) is 0 Å². The molecule has 18 heavy (non-hydrogen) atoms. The summed E-state index contributed by atoms with van der Waals surface area (Å²) in [6.07, 6.45) is 2.62. The van der Waals surface area contributed by atoms with Crippen LogP contribution in [0.5, 0.6) is 0 Å². The van der Waals surface area contributed by atoms with E-state index in [1.165, 1.54) is 43.7 Å². The molecule has 2 rings (SSSR count). The van der Waals surface area contributed by atoms with Crippen molar-refractivity contribution in [3.05, 3.63) is 29.8 Å². The molecule has 0 aliphatic carbocycles. The van der Waals surface area contributed by atoms with E-state index >= 15 is 0 Å². The van der Waals surface area contributed by atoms with Crippen LogP contribution in [-0.2, 0) is 6.54 Å². The Bertz CT molecular complexity index is 339. The fraction of sp³-hybridized carbons (Fsp3) is 0.600. The molecule has 1 fully saturated rings. The number of hydrogen-bond donors (Lipinski definition) is 1. The molecule has 0 atom stereocenters. The van der Waals surface area contributed by atoms with Crippen molar-refractivity contribution in [1.29, 1.82) is 0 Å². The molecule has 0 saturated carbocycles. The molecule has 1 aromatic carbocycles. The molecule has 100 valence electrons. The minimum absolute atomic E-state index is 0.630. The molecule has 1 saturated heterocycles. The maximum absolute atomic E-state index is 5.62. The molecule has 0 unspecified atom stereocenters. The average Bonchev–Trinajstić information content (AvgIpc) is 2.46. The van der Waals surface area contributed by atoms with Gasteiger partial charge >= 0.3 is 0 Å². The zero-order chi connectivity index (χ0) is 12.8. The second-order valence-electron chi connectivity index (χ2n) is 5.05. The van der Waals surface area contributed by atoms with Crippen LogP contribution in [-0.4, -0.2) is 37.6 Å². The minimum atomic E-state index is 0.630. The van der Waals surface area contributed by atoms with Crippen LogP contribution in [0.1, 0.15) is 25.3 Å². The van der Waals surface area contributed by atoms with Gasteiger partial charge in [0.15, 0.2) is 0 Å². The average molecular weight is 247 g/mol. The molecule has 0 amide bonds. The number of hydrogen-bond acceptors (Lipinski definition) is 3. The SMILES string of the molecule is CCCCN1CCN(c2ccc(CN)cc2)CC1. The lowest BCUT2D eigenvalue weighted by molar-refractivity contribution is 0.254. The van der Waals surface area contributed by atoms with Crippen molar-refractivity contribution in [2.24, 2.45) is 5.73 Å². The Morgan fingerprint density at radius 3 is 2.28 bits per heavy atom. The van der Waals surface area contributed by atoms with Crippen LogP contribution in [0.3, 0.4) is 0 Å². The molecule has 1 aromatic rings. The third-order valence-electron chi connectivity index (χ3n) is 3.74. The topological polar surface area (TPSA) is 32.5 Å². The highest BCUT2D eigenvalue weighted by atomic mass is 15.3. The maximum atomic E-state index is 5.62. The normalized spacial score (nSPS) is 17.1. The van der Waals surface area contributed by atoms with Gasteiger partial charge in [-0.3, -0.25) is 4.90 Å². The van der Waals surface area contributed by atoms with E-state index < -0.39 is 0 Å². The molecule has 0 radical (unpaired) electrons. The number of piperazine rings is 1. The molecule has 2 N–H and O–H groups in total. The Labute approximate surface area is 111 Å². The van der Waals surface area contributed by atoms with E-state index in [4.69, 9.17) is 5.73 Å². The molecule has 3 heteroatoms. The van der Waals surface area contributed by atoms with Crippen molar-refractivity contribution in [1.82, 2.24) is 4.90 Å². The molecule has 0 aromatic heterocycles. The van der Waals surface area contributed by atoms with Crippen LogP contribution in [0.2, 0.25) is 0 Å². The summed E-state index contributed by atoms with van der Waals surface area (Å²) in [5.74, 6) is 0. The van der Waals surface area contributed by atoms with Gasteiger partial charge in [-0.05, 0) is 30.7 Å². The molecule has 1 aliphatic rings. The van der Waals surface area contributed by atoms with E-state index in [1.54, 1.807) is 0 Å². The predicted molar refractivity (Wildman–Crippen MR) is 77.9 cm³/mol. The summed E-state index contributed by atoms with van der Waals surface area (Å²) < 4.78 is 0. The Morgan fingerprint density at radius 2 is 1.72 bits per heavy atom. The Hall–Kier alpha value is -1.06. The standard InChI is InChI=1S/C15H25N3/c1-2-3-8-17-9-11-18(12-10-17)15-6-4-14(13-16)5-7-15/h4-7H,2-3,8-13,16H2,1H3. The van der Waals surface area contributed by atoms with Crippen molar-refractivity contribution in [2.75, 3.05) is 37.6 Å². The Balaban J connectivity index is 1.84. The van der Waals surface area contributed by atoms with E-state index in [0.29, 0.717) is 6.54 Å². The molecule has 0 bridgehead atoms. The first kappa shape index (κ1) is 13.4. The van der Waals surface area contributed by atoms with Gasteiger partial charge in [-0.1, -0.05) is 25.5 Å².